The minimum Gasteiger partial charge on any atom is -0.207 e. The van der Waals surface area contributed by atoms with Gasteiger partial charge < -0.3 is 0 Å². The molecule has 0 fully saturated rings. The summed E-state index contributed by atoms with van der Waals surface area (Å²) in [4.78, 5) is 0. The number of aryl methyl sites for hydroxylation is 1. The minimum absolute atomic E-state index is 0.435. The van der Waals surface area contributed by atoms with Crippen molar-refractivity contribution in [3.05, 3.63) is 41.0 Å². The molecule has 0 aliphatic rings. The molecular formula is C11H11BrF2. The molecule has 14 heavy (non-hydrogen) atoms. The van der Waals surface area contributed by atoms with Gasteiger partial charge in [0.05, 0.1) is 0 Å². The lowest BCUT2D eigenvalue weighted by Crippen LogP contribution is -1.89. The molecule has 0 aromatic heterocycles. The van der Waals surface area contributed by atoms with Crippen LogP contribution in [0.3, 0.4) is 0 Å². The Morgan fingerprint density at radius 2 is 2.00 bits per heavy atom. The molecular weight excluding hydrogens is 250 g/mol. The zero-order valence-corrected chi connectivity index (χ0v) is 9.44. The molecule has 0 saturated carbocycles. The summed E-state index contributed by atoms with van der Waals surface area (Å²) < 4.78 is 26.0. The molecule has 0 radical (unpaired) electrons. The lowest BCUT2D eigenvalue weighted by atomic mass is 10.1. The van der Waals surface area contributed by atoms with Gasteiger partial charge in [0.2, 0.25) is 0 Å². The SMILES string of the molecule is Cc1cc(C=CCCBr)c(F)cc1F. The molecule has 0 aliphatic heterocycles. The van der Waals surface area contributed by atoms with Crippen molar-refractivity contribution in [1.29, 1.82) is 0 Å². The van der Waals surface area contributed by atoms with E-state index >= 15 is 0 Å². The summed E-state index contributed by atoms with van der Waals surface area (Å²) >= 11 is 3.26. The third-order valence-electron chi connectivity index (χ3n) is 1.85. The van der Waals surface area contributed by atoms with Crippen molar-refractivity contribution in [2.75, 3.05) is 5.33 Å². The van der Waals surface area contributed by atoms with E-state index in [4.69, 9.17) is 0 Å². The summed E-state index contributed by atoms with van der Waals surface area (Å²) in [6.45, 7) is 1.62. The Morgan fingerprint density at radius 1 is 1.29 bits per heavy atom. The zero-order chi connectivity index (χ0) is 10.6. The molecule has 0 aliphatic carbocycles. The van der Waals surface area contributed by atoms with Gasteiger partial charge in [0.25, 0.3) is 0 Å². The van der Waals surface area contributed by atoms with Gasteiger partial charge in [0, 0.05) is 17.0 Å². The summed E-state index contributed by atoms with van der Waals surface area (Å²) in [7, 11) is 0. The Hall–Kier alpha value is -0.700. The monoisotopic (exact) mass is 260 g/mol. The van der Waals surface area contributed by atoms with E-state index in [-0.39, 0.29) is 0 Å². The third-order valence-corrected chi connectivity index (χ3v) is 2.31. The van der Waals surface area contributed by atoms with Crippen LogP contribution in [0.15, 0.2) is 18.2 Å². The molecule has 1 rings (SSSR count). The summed E-state index contributed by atoms with van der Waals surface area (Å²) in [6, 6.07) is 2.43. The van der Waals surface area contributed by atoms with Crippen LogP contribution >= 0.6 is 15.9 Å². The van der Waals surface area contributed by atoms with Crippen LogP contribution in [0.4, 0.5) is 8.78 Å². The van der Waals surface area contributed by atoms with Gasteiger partial charge in [-0.3, -0.25) is 0 Å². The molecule has 0 saturated heterocycles. The van der Waals surface area contributed by atoms with Gasteiger partial charge in [0.1, 0.15) is 11.6 Å². The maximum atomic E-state index is 13.2. The predicted molar refractivity (Wildman–Crippen MR) is 58.5 cm³/mol. The van der Waals surface area contributed by atoms with E-state index in [1.165, 1.54) is 6.07 Å². The first-order valence-electron chi connectivity index (χ1n) is 4.33. The van der Waals surface area contributed by atoms with E-state index in [2.05, 4.69) is 15.9 Å². The number of hydrogen-bond donors (Lipinski definition) is 0. The van der Waals surface area contributed by atoms with Crippen molar-refractivity contribution in [3.8, 4) is 0 Å². The van der Waals surface area contributed by atoms with Crippen molar-refractivity contribution in [2.24, 2.45) is 0 Å². The molecule has 0 amide bonds. The van der Waals surface area contributed by atoms with Crippen LogP contribution in [0.2, 0.25) is 0 Å². The smallest absolute Gasteiger partial charge is 0.133 e. The maximum Gasteiger partial charge on any atom is 0.133 e. The highest BCUT2D eigenvalue weighted by atomic mass is 79.9. The summed E-state index contributed by atoms with van der Waals surface area (Å²) in [6.07, 6.45) is 4.35. The quantitative estimate of drug-likeness (QED) is 0.719. The molecule has 3 heteroatoms. The van der Waals surface area contributed by atoms with Crippen molar-refractivity contribution < 1.29 is 8.78 Å². The Morgan fingerprint density at radius 3 is 2.64 bits per heavy atom. The average molecular weight is 261 g/mol. The Bertz CT molecular complexity index is 345. The molecule has 0 N–H and O–H groups in total. The molecule has 0 spiro atoms. The van der Waals surface area contributed by atoms with E-state index in [1.807, 2.05) is 6.08 Å². The molecule has 1 aromatic carbocycles. The second-order valence-corrected chi connectivity index (χ2v) is 3.80. The molecule has 76 valence electrons. The van der Waals surface area contributed by atoms with E-state index in [9.17, 15) is 8.78 Å². The van der Waals surface area contributed by atoms with Gasteiger partial charge in [-0.2, -0.15) is 0 Å². The van der Waals surface area contributed by atoms with Gasteiger partial charge >= 0.3 is 0 Å². The van der Waals surface area contributed by atoms with E-state index in [0.29, 0.717) is 11.1 Å². The van der Waals surface area contributed by atoms with Crippen LogP contribution in [0.5, 0.6) is 0 Å². The standard InChI is InChI=1S/C11H11BrF2/c1-8-6-9(4-2-3-5-12)11(14)7-10(8)13/h2,4,6-7H,3,5H2,1H3. The Balaban J connectivity index is 2.92. The van der Waals surface area contributed by atoms with Gasteiger partial charge in [0.15, 0.2) is 0 Å². The van der Waals surface area contributed by atoms with Gasteiger partial charge in [-0.15, -0.1) is 0 Å². The molecule has 0 bridgehead atoms. The van der Waals surface area contributed by atoms with Crippen molar-refractivity contribution in [3.63, 3.8) is 0 Å². The number of allylic oxidation sites excluding steroid dienone is 1. The number of benzene rings is 1. The summed E-state index contributed by atoms with van der Waals surface area (Å²) in [5.74, 6) is -1.01. The predicted octanol–water partition coefficient (Wildman–Crippen LogP) is 4.07. The van der Waals surface area contributed by atoms with Crippen molar-refractivity contribution in [1.82, 2.24) is 0 Å². The first-order valence-corrected chi connectivity index (χ1v) is 5.45. The maximum absolute atomic E-state index is 13.2. The number of halogens is 3. The van der Waals surface area contributed by atoms with Crippen LogP contribution in [-0.4, -0.2) is 5.33 Å². The number of hydrogen-bond acceptors (Lipinski definition) is 0. The van der Waals surface area contributed by atoms with Crippen LogP contribution in [0.25, 0.3) is 6.08 Å². The van der Waals surface area contributed by atoms with E-state index in [1.54, 1.807) is 13.0 Å². The second-order valence-electron chi connectivity index (χ2n) is 3.00. The normalized spacial score (nSPS) is 11.1. The van der Waals surface area contributed by atoms with Crippen LogP contribution < -0.4 is 0 Å². The molecule has 0 unspecified atom stereocenters. The highest BCUT2D eigenvalue weighted by Crippen LogP contribution is 2.15. The molecule has 0 heterocycles. The van der Waals surface area contributed by atoms with Gasteiger partial charge in [-0.25, -0.2) is 8.78 Å². The Kier molecular flexibility index (Phi) is 4.26. The van der Waals surface area contributed by atoms with E-state index < -0.39 is 11.6 Å². The fourth-order valence-corrected chi connectivity index (χ4v) is 1.34. The molecule has 1 aromatic rings. The van der Waals surface area contributed by atoms with Crippen molar-refractivity contribution in [2.45, 2.75) is 13.3 Å². The highest BCUT2D eigenvalue weighted by molar-refractivity contribution is 9.09. The average Bonchev–Trinajstić information content (AvgIpc) is 2.14. The van der Waals surface area contributed by atoms with Gasteiger partial charge in [-0.1, -0.05) is 28.1 Å². The van der Waals surface area contributed by atoms with E-state index in [0.717, 1.165) is 17.8 Å². The van der Waals surface area contributed by atoms with Crippen LogP contribution in [0, 0.1) is 18.6 Å². The van der Waals surface area contributed by atoms with Crippen molar-refractivity contribution >= 4 is 22.0 Å². The first-order chi connectivity index (χ1) is 6.65. The van der Waals surface area contributed by atoms with Gasteiger partial charge in [-0.05, 0) is 25.0 Å². The minimum atomic E-state index is -0.515. The number of rotatable bonds is 3. The lowest BCUT2D eigenvalue weighted by Gasteiger charge is -2.00. The fraction of sp³-hybridized carbons (Fsp3) is 0.273. The summed E-state index contributed by atoms with van der Waals surface area (Å²) in [5.41, 5.74) is 0.898. The Labute approximate surface area is 90.8 Å². The highest BCUT2D eigenvalue weighted by Gasteiger charge is 2.03. The first kappa shape index (κ1) is 11.4. The zero-order valence-electron chi connectivity index (χ0n) is 7.86. The lowest BCUT2D eigenvalue weighted by molar-refractivity contribution is 0.576. The molecule has 0 atom stereocenters. The summed E-state index contributed by atoms with van der Waals surface area (Å²) in [5, 5.41) is 0.839. The second kappa shape index (κ2) is 5.25. The van der Waals surface area contributed by atoms with Crippen LogP contribution in [0.1, 0.15) is 17.5 Å². The third kappa shape index (κ3) is 2.91. The fourth-order valence-electron chi connectivity index (χ4n) is 1.08. The largest absolute Gasteiger partial charge is 0.207 e. The van der Waals surface area contributed by atoms with Crippen LogP contribution in [-0.2, 0) is 0 Å². The number of alkyl halides is 1. The topological polar surface area (TPSA) is 0 Å². The molecule has 0 nitrogen and oxygen atoms in total.